The molecule has 0 atom stereocenters. The molecular weight excluding hydrogens is 347 g/mol. The first-order chi connectivity index (χ1) is 9.33. The maximum atomic E-state index is 5.88. The Bertz CT molecular complexity index is 701. The van der Waals surface area contributed by atoms with Crippen molar-refractivity contribution in [2.45, 2.75) is 6.61 Å². The lowest BCUT2D eigenvalue weighted by atomic mass is 10.1. The van der Waals surface area contributed by atoms with Crippen LogP contribution in [-0.2, 0) is 6.61 Å². The van der Waals surface area contributed by atoms with Crippen LogP contribution in [0.4, 0.5) is 0 Å². The minimum Gasteiger partial charge on any atom is -0.489 e. The average Bonchev–Trinajstić information content (AvgIpc) is 2.45. The number of ether oxygens (including phenoxy) is 1. The molecule has 0 N–H and O–H groups in total. The molecule has 0 fully saturated rings. The van der Waals surface area contributed by atoms with Crippen LogP contribution < -0.4 is 4.74 Å². The van der Waals surface area contributed by atoms with Crippen LogP contribution in [0.3, 0.4) is 0 Å². The third-order valence-corrected chi connectivity index (χ3v) is 3.74. The Morgan fingerprint density at radius 1 is 0.842 bits per heavy atom. The molecule has 0 aliphatic heterocycles. The molecule has 3 aromatic rings. The Morgan fingerprint density at radius 3 is 2.53 bits per heavy atom. The van der Waals surface area contributed by atoms with Gasteiger partial charge in [-0.1, -0.05) is 48.5 Å². The molecule has 3 aromatic carbocycles. The van der Waals surface area contributed by atoms with Gasteiger partial charge < -0.3 is 4.74 Å². The molecule has 0 aliphatic rings. The van der Waals surface area contributed by atoms with E-state index in [-0.39, 0.29) is 0 Å². The van der Waals surface area contributed by atoms with Gasteiger partial charge >= 0.3 is 0 Å². The second-order valence-corrected chi connectivity index (χ2v) is 5.63. The smallest absolute Gasteiger partial charge is 0.120 e. The highest BCUT2D eigenvalue weighted by molar-refractivity contribution is 14.1. The zero-order valence-electron chi connectivity index (χ0n) is 10.3. The molecule has 2 heteroatoms. The summed E-state index contributed by atoms with van der Waals surface area (Å²) in [5.41, 5.74) is 1.22. The summed E-state index contributed by atoms with van der Waals surface area (Å²) < 4.78 is 7.06. The van der Waals surface area contributed by atoms with Gasteiger partial charge in [0.2, 0.25) is 0 Å². The third-order valence-electron chi connectivity index (χ3n) is 3.07. The van der Waals surface area contributed by atoms with Gasteiger partial charge in [-0.3, -0.25) is 0 Å². The van der Waals surface area contributed by atoms with Crippen LogP contribution in [0, 0.1) is 3.57 Å². The molecule has 1 nitrogen and oxygen atoms in total. The summed E-state index contributed by atoms with van der Waals surface area (Å²) in [4.78, 5) is 0. The van der Waals surface area contributed by atoms with Gasteiger partial charge in [0.25, 0.3) is 0 Å². The first-order valence-corrected chi connectivity index (χ1v) is 7.26. The highest BCUT2D eigenvalue weighted by Gasteiger charge is 2.01. The summed E-state index contributed by atoms with van der Waals surface area (Å²) in [7, 11) is 0. The number of rotatable bonds is 3. The van der Waals surface area contributed by atoms with Crippen LogP contribution in [0.2, 0.25) is 0 Å². The predicted molar refractivity (Wildman–Crippen MR) is 87.4 cm³/mol. The van der Waals surface area contributed by atoms with E-state index in [1.54, 1.807) is 0 Å². The van der Waals surface area contributed by atoms with E-state index in [4.69, 9.17) is 4.74 Å². The molecule has 0 spiro atoms. The van der Waals surface area contributed by atoms with Crippen molar-refractivity contribution in [3.63, 3.8) is 0 Å². The molecule has 0 aromatic heterocycles. The summed E-state index contributed by atoms with van der Waals surface area (Å²) in [6.45, 7) is 0.599. The standard InChI is InChI=1S/C17H13IO/c18-15-8-4-9-16(11-15)19-12-14-7-3-6-13-5-1-2-10-17(13)14/h1-11H,12H2. The fourth-order valence-electron chi connectivity index (χ4n) is 2.14. The first-order valence-electron chi connectivity index (χ1n) is 6.18. The predicted octanol–water partition coefficient (Wildman–Crippen LogP) is 5.02. The Kier molecular flexibility index (Phi) is 3.69. The molecule has 3 rings (SSSR count). The second kappa shape index (κ2) is 5.61. The zero-order valence-corrected chi connectivity index (χ0v) is 12.5. The van der Waals surface area contributed by atoms with Crippen molar-refractivity contribution >= 4 is 33.4 Å². The Labute approximate surface area is 126 Å². The summed E-state index contributed by atoms with van der Waals surface area (Å²) >= 11 is 2.29. The highest BCUT2D eigenvalue weighted by atomic mass is 127. The monoisotopic (exact) mass is 360 g/mol. The number of benzene rings is 3. The summed E-state index contributed by atoms with van der Waals surface area (Å²) in [6.07, 6.45) is 0. The van der Waals surface area contributed by atoms with Gasteiger partial charge in [-0.25, -0.2) is 0 Å². The Morgan fingerprint density at radius 2 is 1.63 bits per heavy atom. The minimum absolute atomic E-state index is 0.599. The van der Waals surface area contributed by atoms with Gasteiger partial charge in [0.05, 0.1) is 0 Å². The van der Waals surface area contributed by atoms with Gasteiger partial charge in [-0.2, -0.15) is 0 Å². The number of fused-ring (bicyclic) bond motifs is 1. The van der Waals surface area contributed by atoms with Crippen molar-refractivity contribution in [2.75, 3.05) is 0 Å². The normalized spacial score (nSPS) is 10.6. The maximum Gasteiger partial charge on any atom is 0.120 e. The van der Waals surface area contributed by atoms with Crippen LogP contribution in [-0.4, -0.2) is 0 Å². The molecule has 0 aliphatic carbocycles. The van der Waals surface area contributed by atoms with Crippen LogP contribution in [0.25, 0.3) is 10.8 Å². The van der Waals surface area contributed by atoms with Gasteiger partial charge in [0.15, 0.2) is 0 Å². The number of hydrogen-bond acceptors (Lipinski definition) is 1. The molecule has 94 valence electrons. The molecule has 0 radical (unpaired) electrons. The van der Waals surface area contributed by atoms with E-state index >= 15 is 0 Å². The van der Waals surface area contributed by atoms with Gasteiger partial charge in [-0.05, 0) is 57.1 Å². The summed E-state index contributed by atoms with van der Waals surface area (Å²) in [5, 5.41) is 2.52. The van der Waals surface area contributed by atoms with Crippen molar-refractivity contribution in [3.05, 3.63) is 75.9 Å². The second-order valence-electron chi connectivity index (χ2n) is 4.38. The maximum absolute atomic E-state index is 5.88. The SMILES string of the molecule is Ic1cccc(OCc2cccc3ccccc23)c1. The van der Waals surface area contributed by atoms with E-state index in [1.807, 2.05) is 18.2 Å². The van der Waals surface area contributed by atoms with E-state index in [0.29, 0.717) is 6.61 Å². The Balaban J connectivity index is 1.86. The van der Waals surface area contributed by atoms with Crippen LogP contribution >= 0.6 is 22.6 Å². The summed E-state index contributed by atoms with van der Waals surface area (Å²) in [5.74, 6) is 0.917. The molecule has 0 saturated carbocycles. The molecule has 0 unspecified atom stereocenters. The van der Waals surface area contributed by atoms with Crippen molar-refractivity contribution in [1.29, 1.82) is 0 Å². The number of halogens is 1. The topological polar surface area (TPSA) is 9.23 Å². The molecule has 0 bridgehead atoms. The van der Waals surface area contributed by atoms with Crippen molar-refractivity contribution in [2.24, 2.45) is 0 Å². The zero-order chi connectivity index (χ0) is 13.1. The van der Waals surface area contributed by atoms with Crippen molar-refractivity contribution in [1.82, 2.24) is 0 Å². The van der Waals surface area contributed by atoms with Crippen molar-refractivity contribution < 1.29 is 4.74 Å². The van der Waals surface area contributed by atoms with Crippen LogP contribution in [0.5, 0.6) is 5.75 Å². The largest absolute Gasteiger partial charge is 0.489 e. The molecule has 19 heavy (non-hydrogen) atoms. The Hall–Kier alpha value is -1.55. The van der Waals surface area contributed by atoms with Gasteiger partial charge in [-0.15, -0.1) is 0 Å². The molecule has 0 heterocycles. The van der Waals surface area contributed by atoms with E-state index in [9.17, 15) is 0 Å². The van der Waals surface area contributed by atoms with Crippen LogP contribution in [0.1, 0.15) is 5.56 Å². The van der Waals surface area contributed by atoms with E-state index in [0.717, 1.165) is 5.75 Å². The first kappa shape index (κ1) is 12.5. The van der Waals surface area contributed by atoms with E-state index in [1.165, 1.54) is 19.9 Å². The van der Waals surface area contributed by atoms with E-state index in [2.05, 4.69) is 71.1 Å². The molecular formula is C17H13IO. The lowest BCUT2D eigenvalue weighted by Crippen LogP contribution is -1.96. The van der Waals surface area contributed by atoms with Crippen LogP contribution in [0.15, 0.2) is 66.7 Å². The highest BCUT2D eigenvalue weighted by Crippen LogP contribution is 2.21. The van der Waals surface area contributed by atoms with Gasteiger partial charge in [0, 0.05) is 3.57 Å². The number of hydrogen-bond donors (Lipinski definition) is 0. The average molecular weight is 360 g/mol. The fraction of sp³-hybridized carbons (Fsp3) is 0.0588. The summed E-state index contributed by atoms with van der Waals surface area (Å²) in [6, 6.07) is 22.8. The lowest BCUT2D eigenvalue weighted by molar-refractivity contribution is 0.307. The lowest BCUT2D eigenvalue weighted by Gasteiger charge is -2.09. The van der Waals surface area contributed by atoms with Crippen molar-refractivity contribution in [3.8, 4) is 5.75 Å². The third kappa shape index (κ3) is 2.89. The quantitative estimate of drug-likeness (QED) is 0.596. The molecule has 0 amide bonds. The molecule has 0 saturated heterocycles. The van der Waals surface area contributed by atoms with Gasteiger partial charge in [0.1, 0.15) is 12.4 Å². The van der Waals surface area contributed by atoms with E-state index < -0.39 is 0 Å². The minimum atomic E-state index is 0.599. The fourth-order valence-corrected chi connectivity index (χ4v) is 2.65.